The average Bonchev–Trinajstić information content (AvgIpc) is 2.65. The second-order valence-electron chi connectivity index (χ2n) is 5.86. The zero-order valence-corrected chi connectivity index (χ0v) is 15.2. The van der Waals surface area contributed by atoms with E-state index in [1.54, 1.807) is 25.4 Å². The van der Waals surface area contributed by atoms with Gasteiger partial charge in [0, 0.05) is 18.3 Å². The van der Waals surface area contributed by atoms with E-state index in [1.807, 2.05) is 42.5 Å². The normalized spacial score (nSPS) is 11.3. The van der Waals surface area contributed by atoms with Crippen molar-refractivity contribution >= 4 is 18.1 Å². The van der Waals surface area contributed by atoms with E-state index in [-0.39, 0.29) is 5.92 Å². The molecule has 0 aliphatic rings. The van der Waals surface area contributed by atoms with Crippen molar-refractivity contribution in [2.45, 2.75) is 19.8 Å². The van der Waals surface area contributed by atoms with Gasteiger partial charge in [0.25, 0.3) is 0 Å². The molecule has 0 bridgehead atoms. The smallest absolute Gasteiger partial charge is 0.131 e. The van der Waals surface area contributed by atoms with Gasteiger partial charge in [0.1, 0.15) is 11.5 Å². The van der Waals surface area contributed by atoms with E-state index in [0.29, 0.717) is 11.4 Å². The summed E-state index contributed by atoms with van der Waals surface area (Å²) in [4.78, 5) is 0. The van der Waals surface area contributed by atoms with Crippen LogP contribution in [0.15, 0.2) is 53.8 Å². The monoisotopic (exact) mass is 339 g/mol. The lowest BCUT2D eigenvalue weighted by molar-refractivity contribution is 0.389. The summed E-state index contributed by atoms with van der Waals surface area (Å²) in [6.45, 7) is 7.84. The number of hydrogen-bond donors (Lipinski definition) is 1. The number of hydrogen-bond acceptors (Lipinski definition) is 5. The highest BCUT2D eigenvalue weighted by Crippen LogP contribution is 2.35. The van der Waals surface area contributed by atoms with Gasteiger partial charge in [-0.3, -0.25) is 0 Å². The molecule has 0 aromatic heterocycles. The van der Waals surface area contributed by atoms with E-state index in [4.69, 9.17) is 15.2 Å². The third-order valence-electron chi connectivity index (χ3n) is 3.92. The van der Waals surface area contributed by atoms with E-state index >= 15 is 0 Å². The Morgan fingerprint density at radius 1 is 1.12 bits per heavy atom. The number of methoxy groups -OCH3 is 2. The molecule has 5 heteroatoms. The third-order valence-corrected chi connectivity index (χ3v) is 3.92. The van der Waals surface area contributed by atoms with Gasteiger partial charge in [0.05, 0.1) is 31.8 Å². The first kappa shape index (κ1) is 18.4. The van der Waals surface area contributed by atoms with Gasteiger partial charge in [0.2, 0.25) is 0 Å². The fourth-order valence-electron chi connectivity index (χ4n) is 2.58. The molecule has 0 fully saturated rings. The minimum Gasteiger partial charge on any atom is -0.496 e. The summed E-state index contributed by atoms with van der Waals surface area (Å²) in [5, 5.41) is 5.66. The first-order valence-corrected chi connectivity index (χ1v) is 8.06. The molecule has 0 aliphatic heterocycles. The molecule has 25 heavy (non-hydrogen) atoms. The Kier molecular flexibility index (Phi) is 6.06. The lowest BCUT2D eigenvalue weighted by Crippen LogP contribution is -2.11. The Bertz CT molecular complexity index is 755. The quantitative estimate of drug-likeness (QED) is 0.606. The number of hydrazone groups is 1. The minimum atomic E-state index is 0.287. The molecule has 2 aromatic carbocycles. The van der Waals surface area contributed by atoms with E-state index in [2.05, 4.69) is 25.7 Å². The third kappa shape index (κ3) is 4.12. The van der Waals surface area contributed by atoms with Crippen LogP contribution in [-0.4, -0.2) is 20.9 Å². The topological polar surface area (TPSA) is 60.1 Å². The second-order valence-corrected chi connectivity index (χ2v) is 5.86. The van der Waals surface area contributed by atoms with E-state index in [0.717, 1.165) is 22.6 Å². The number of para-hydroxylation sites is 1. The summed E-state index contributed by atoms with van der Waals surface area (Å²) in [6, 6.07) is 13.5. The first-order valence-electron chi connectivity index (χ1n) is 8.06. The summed E-state index contributed by atoms with van der Waals surface area (Å²) in [6.07, 6.45) is 1.73. The molecule has 2 rings (SSSR count). The number of anilines is 1. The largest absolute Gasteiger partial charge is 0.496 e. The number of nitrogens with zero attached hydrogens (tertiary/aromatic N) is 2. The maximum atomic E-state index is 6.36. The first-order chi connectivity index (χ1) is 12.0. The van der Waals surface area contributed by atoms with Crippen LogP contribution in [0.25, 0.3) is 5.70 Å². The summed E-state index contributed by atoms with van der Waals surface area (Å²) >= 11 is 0. The van der Waals surface area contributed by atoms with Crippen LogP contribution in [0.3, 0.4) is 0 Å². The van der Waals surface area contributed by atoms with Crippen molar-refractivity contribution in [3.63, 3.8) is 0 Å². The summed E-state index contributed by atoms with van der Waals surface area (Å²) < 4.78 is 11.0. The SMILES string of the molecule is C=NN(/C=C(\N)c1cc(C(C)C)c(OC)cc1OC)c1ccccc1. The predicted octanol–water partition coefficient (Wildman–Crippen LogP) is 4.21. The molecule has 0 radical (unpaired) electrons. The van der Waals surface area contributed by atoms with Crippen LogP contribution in [0.5, 0.6) is 11.5 Å². The number of benzene rings is 2. The zero-order chi connectivity index (χ0) is 18.4. The van der Waals surface area contributed by atoms with Crippen LogP contribution in [0.2, 0.25) is 0 Å². The lowest BCUT2D eigenvalue weighted by Gasteiger charge is -2.19. The van der Waals surface area contributed by atoms with Crippen LogP contribution in [0.4, 0.5) is 5.69 Å². The van der Waals surface area contributed by atoms with Gasteiger partial charge >= 0.3 is 0 Å². The molecule has 5 nitrogen and oxygen atoms in total. The standard InChI is InChI=1S/C20H25N3O2/c1-14(2)16-11-17(20(25-5)12-19(16)24-4)18(21)13-23(22-3)15-9-7-6-8-10-15/h6-14H,3,21H2,1-2,4-5H3/b18-13-. The van der Waals surface area contributed by atoms with Gasteiger partial charge in [0.15, 0.2) is 0 Å². The fourth-order valence-corrected chi connectivity index (χ4v) is 2.58. The molecule has 0 aliphatic carbocycles. The highest BCUT2D eigenvalue weighted by molar-refractivity contribution is 5.73. The number of nitrogens with two attached hydrogens (primary N) is 1. The number of rotatable bonds is 7. The molecule has 0 heterocycles. The number of ether oxygens (including phenoxy) is 2. The Labute approximate surface area is 149 Å². The Morgan fingerprint density at radius 3 is 2.28 bits per heavy atom. The van der Waals surface area contributed by atoms with Crippen LogP contribution in [0, 0.1) is 0 Å². The summed E-state index contributed by atoms with van der Waals surface area (Å²) in [5.41, 5.74) is 9.61. The van der Waals surface area contributed by atoms with Crippen molar-refractivity contribution in [2.75, 3.05) is 19.2 Å². The zero-order valence-electron chi connectivity index (χ0n) is 15.2. The van der Waals surface area contributed by atoms with Crippen LogP contribution in [-0.2, 0) is 0 Å². The van der Waals surface area contributed by atoms with Gasteiger partial charge in [-0.25, -0.2) is 5.01 Å². The molecular formula is C20H25N3O2. The van der Waals surface area contributed by atoms with E-state index in [1.165, 1.54) is 0 Å². The fraction of sp³-hybridized carbons (Fsp3) is 0.250. The average molecular weight is 339 g/mol. The lowest BCUT2D eigenvalue weighted by atomic mass is 9.97. The van der Waals surface area contributed by atoms with Gasteiger partial charge in [-0.1, -0.05) is 32.0 Å². The van der Waals surface area contributed by atoms with Crippen LogP contribution >= 0.6 is 0 Å². The van der Waals surface area contributed by atoms with Crippen molar-refractivity contribution < 1.29 is 9.47 Å². The van der Waals surface area contributed by atoms with Crippen LogP contribution < -0.4 is 20.2 Å². The van der Waals surface area contributed by atoms with E-state index in [9.17, 15) is 0 Å². The van der Waals surface area contributed by atoms with Gasteiger partial charge in [-0.2, -0.15) is 5.10 Å². The molecule has 2 aromatic rings. The molecule has 0 saturated heterocycles. The van der Waals surface area contributed by atoms with Gasteiger partial charge in [-0.15, -0.1) is 0 Å². The molecule has 0 spiro atoms. The molecule has 0 unspecified atom stereocenters. The summed E-state index contributed by atoms with van der Waals surface area (Å²) in [5.74, 6) is 1.72. The van der Waals surface area contributed by atoms with E-state index < -0.39 is 0 Å². The van der Waals surface area contributed by atoms with Crippen molar-refractivity contribution in [2.24, 2.45) is 10.8 Å². The Morgan fingerprint density at radius 2 is 1.76 bits per heavy atom. The maximum Gasteiger partial charge on any atom is 0.131 e. The van der Waals surface area contributed by atoms with Crippen molar-refractivity contribution in [3.8, 4) is 11.5 Å². The Hall–Kier alpha value is -2.95. The van der Waals surface area contributed by atoms with Crippen molar-refractivity contribution in [3.05, 3.63) is 59.8 Å². The molecule has 0 atom stereocenters. The summed E-state index contributed by atoms with van der Waals surface area (Å²) in [7, 11) is 3.26. The molecule has 2 N–H and O–H groups in total. The molecular weight excluding hydrogens is 314 g/mol. The molecule has 0 saturated carbocycles. The van der Waals surface area contributed by atoms with Crippen LogP contribution in [0.1, 0.15) is 30.9 Å². The highest BCUT2D eigenvalue weighted by atomic mass is 16.5. The second kappa shape index (κ2) is 8.24. The van der Waals surface area contributed by atoms with Crippen molar-refractivity contribution in [1.82, 2.24) is 0 Å². The predicted molar refractivity (Wildman–Crippen MR) is 104 cm³/mol. The van der Waals surface area contributed by atoms with Crippen molar-refractivity contribution in [1.29, 1.82) is 0 Å². The molecule has 0 amide bonds. The Balaban J connectivity index is 2.51. The highest BCUT2D eigenvalue weighted by Gasteiger charge is 2.16. The molecule has 132 valence electrons. The van der Waals surface area contributed by atoms with Gasteiger partial charge < -0.3 is 15.2 Å². The maximum absolute atomic E-state index is 6.36. The van der Waals surface area contributed by atoms with Gasteiger partial charge in [-0.05, 0) is 29.7 Å². The minimum absolute atomic E-state index is 0.287.